The summed E-state index contributed by atoms with van der Waals surface area (Å²) < 4.78 is 5.63. The van der Waals surface area contributed by atoms with Gasteiger partial charge in [-0.15, -0.1) is 6.58 Å². The van der Waals surface area contributed by atoms with Crippen molar-refractivity contribution in [2.75, 3.05) is 56.0 Å². The minimum atomic E-state index is -0.281. The van der Waals surface area contributed by atoms with Gasteiger partial charge in [-0.05, 0) is 63.2 Å². The molecule has 2 N–H and O–H groups in total. The molecule has 41 heavy (non-hydrogen) atoms. The van der Waals surface area contributed by atoms with Gasteiger partial charge < -0.3 is 30.1 Å². The second-order valence-electron chi connectivity index (χ2n) is 10.6. The quantitative estimate of drug-likeness (QED) is 0.396. The summed E-state index contributed by atoms with van der Waals surface area (Å²) >= 11 is 0. The highest BCUT2D eigenvalue weighted by molar-refractivity contribution is 6.00. The van der Waals surface area contributed by atoms with Gasteiger partial charge >= 0.3 is 0 Å². The first-order valence-corrected chi connectivity index (χ1v) is 13.9. The molecule has 10 nitrogen and oxygen atoms in total. The average molecular weight is 556 g/mol. The van der Waals surface area contributed by atoms with Gasteiger partial charge in [0.25, 0.3) is 5.91 Å². The van der Waals surface area contributed by atoms with Crippen molar-refractivity contribution in [2.24, 2.45) is 5.92 Å². The molecule has 3 heterocycles. The van der Waals surface area contributed by atoms with Crippen LogP contribution >= 0.6 is 0 Å². The molecule has 1 saturated heterocycles. The molecule has 2 aromatic carbocycles. The van der Waals surface area contributed by atoms with Gasteiger partial charge in [0.05, 0.1) is 24.9 Å². The van der Waals surface area contributed by atoms with Crippen molar-refractivity contribution >= 4 is 40.6 Å². The van der Waals surface area contributed by atoms with Crippen LogP contribution in [0.4, 0.5) is 28.8 Å². The molecule has 1 unspecified atom stereocenters. The van der Waals surface area contributed by atoms with E-state index < -0.39 is 0 Å². The van der Waals surface area contributed by atoms with Crippen molar-refractivity contribution in [3.05, 3.63) is 72.9 Å². The Balaban J connectivity index is 1.42. The number of likely N-dealkylation sites (N-methyl/N-ethyl adjacent to an activating group) is 1. The number of ether oxygens (including phenoxy) is 1. The predicted octanol–water partition coefficient (Wildman–Crippen LogP) is 4.36. The molecule has 0 saturated carbocycles. The molecule has 2 aliphatic rings. The number of hydrogen-bond donors (Lipinski definition) is 2. The van der Waals surface area contributed by atoms with E-state index in [1.54, 1.807) is 49.5 Å². The summed E-state index contributed by atoms with van der Waals surface area (Å²) in [6.45, 7) is 6.20. The van der Waals surface area contributed by atoms with Crippen molar-refractivity contribution in [1.82, 2.24) is 20.2 Å². The van der Waals surface area contributed by atoms with Crippen molar-refractivity contribution in [1.29, 1.82) is 0 Å². The summed E-state index contributed by atoms with van der Waals surface area (Å²) in [6, 6.07) is 15.3. The highest BCUT2D eigenvalue weighted by Crippen LogP contribution is 2.38. The van der Waals surface area contributed by atoms with Gasteiger partial charge in [-0.25, -0.2) is 4.98 Å². The molecule has 1 fully saturated rings. The number of aromatic nitrogens is 2. The van der Waals surface area contributed by atoms with E-state index in [2.05, 4.69) is 34.1 Å². The molecule has 0 aliphatic carbocycles. The maximum Gasteiger partial charge on any atom is 0.251 e. The molecule has 1 aromatic heterocycles. The van der Waals surface area contributed by atoms with Crippen LogP contribution < -0.4 is 25.2 Å². The van der Waals surface area contributed by atoms with E-state index in [-0.39, 0.29) is 23.8 Å². The van der Waals surface area contributed by atoms with Crippen LogP contribution in [0.1, 0.15) is 29.6 Å². The van der Waals surface area contributed by atoms with E-state index in [1.807, 2.05) is 35.2 Å². The Morgan fingerprint density at radius 2 is 1.98 bits per heavy atom. The Kier molecular flexibility index (Phi) is 8.49. The molecule has 0 radical (unpaired) electrons. The molecule has 2 aliphatic heterocycles. The third kappa shape index (κ3) is 6.17. The second-order valence-corrected chi connectivity index (χ2v) is 10.6. The highest BCUT2D eigenvalue weighted by atomic mass is 16.5. The lowest BCUT2D eigenvalue weighted by atomic mass is 10.0. The van der Waals surface area contributed by atoms with Crippen LogP contribution in [0, 0.1) is 5.92 Å². The number of fused-ring (bicyclic) bond motifs is 1. The van der Waals surface area contributed by atoms with Gasteiger partial charge in [0.15, 0.2) is 5.82 Å². The third-order valence-electron chi connectivity index (χ3n) is 7.64. The molecule has 3 aromatic rings. The normalized spacial score (nSPS) is 19.2. The molecule has 10 heteroatoms. The van der Waals surface area contributed by atoms with Gasteiger partial charge in [0, 0.05) is 37.4 Å². The first-order chi connectivity index (χ1) is 19.9. The van der Waals surface area contributed by atoms with Gasteiger partial charge in [-0.1, -0.05) is 24.3 Å². The van der Waals surface area contributed by atoms with Crippen LogP contribution in [0.25, 0.3) is 0 Å². The molecule has 5 rings (SSSR count). The lowest BCUT2D eigenvalue weighted by Crippen LogP contribution is -2.46. The molecule has 2 amide bonds. The van der Waals surface area contributed by atoms with Crippen LogP contribution in [0.2, 0.25) is 0 Å². The van der Waals surface area contributed by atoms with E-state index in [1.165, 1.54) is 0 Å². The third-order valence-corrected chi connectivity index (χ3v) is 7.64. The summed E-state index contributed by atoms with van der Waals surface area (Å²) in [5.41, 5.74) is 2.68. The number of nitrogens with one attached hydrogen (secondary N) is 2. The zero-order valence-corrected chi connectivity index (χ0v) is 23.8. The average Bonchev–Trinajstić information content (AvgIpc) is 3.08. The zero-order chi connectivity index (χ0) is 28.9. The second kappa shape index (κ2) is 12.4. The highest BCUT2D eigenvalue weighted by Gasteiger charge is 2.33. The summed E-state index contributed by atoms with van der Waals surface area (Å²) in [6.07, 6.45) is 6.02. The van der Waals surface area contributed by atoms with Crippen LogP contribution in [0.15, 0.2) is 67.4 Å². The topological polar surface area (TPSA) is 103 Å². The van der Waals surface area contributed by atoms with Crippen LogP contribution in [0.3, 0.4) is 0 Å². The van der Waals surface area contributed by atoms with Crippen LogP contribution in [-0.2, 0) is 4.79 Å². The number of anilines is 5. The Hall–Kier alpha value is -4.44. The van der Waals surface area contributed by atoms with Crippen molar-refractivity contribution in [3.8, 4) is 5.75 Å². The van der Waals surface area contributed by atoms with E-state index >= 15 is 0 Å². The number of allylic oxidation sites excluding steroid dienone is 1. The number of carbonyl (C=O) groups excluding carboxylic acids is 2. The van der Waals surface area contributed by atoms with Gasteiger partial charge in [0.1, 0.15) is 11.4 Å². The Morgan fingerprint density at radius 1 is 1.17 bits per heavy atom. The fourth-order valence-electron chi connectivity index (χ4n) is 5.46. The van der Waals surface area contributed by atoms with Gasteiger partial charge in [0.2, 0.25) is 11.9 Å². The van der Waals surface area contributed by atoms with Crippen LogP contribution in [0.5, 0.6) is 5.75 Å². The molecular weight excluding hydrogens is 518 g/mol. The number of hydrogen-bond acceptors (Lipinski definition) is 8. The number of rotatable bonds is 8. The monoisotopic (exact) mass is 555 g/mol. The summed E-state index contributed by atoms with van der Waals surface area (Å²) in [7, 11) is 5.38. The first kappa shape index (κ1) is 28.1. The number of piperidine rings is 1. The SMILES string of the molecule is C=CCC1CN(c2ccccc2)c2nc(Nc3ccc(C(=O)N[C@H]4CCCN(C)C4)cc3OC)ncc2N(C)C1=O. The minimum Gasteiger partial charge on any atom is -0.495 e. The molecular formula is C31H37N7O3. The number of carbonyl (C=O) groups is 2. The minimum absolute atomic E-state index is 0.00991. The molecule has 0 bridgehead atoms. The van der Waals surface area contributed by atoms with Gasteiger partial charge in [-0.3, -0.25) is 9.59 Å². The molecule has 214 valence electrons. The summed E-state index contributed by atoms with van der Waals surface area (Å²) in [4.78, 5) is 41.6. The number of likely N-dealkylation sites (tertiary alicyclic amines) is 1. The maximum absolute atomic E-state index is 13.3. The van der Waals surface area contributed by atoms with E-state index in [0.29, 0.717) is 47.4 Å². The zero-order valence-electron chi connectivity index (χ0n) is 23.8. The number of amides is 2. The number of nitrogens with zero attached hydrogens (tertiary/aromatic N) is 5. The van der Waals surface area contributed by atoms with Crippen molar-refractivity contribution in [3.63, 3.8) is 0 Å². The fraction of sp³-hybridized carbons (Fsp3) is 0.355. The van der Waals surface area contributed by atoms with E-state index in [9.17, 15) is 9.59 Å². The lowest BCUT2D eigenvalue weighted by molar-refractivity contribution is -0.121. The molecule has 2 atom stereocenters. The Labute approximate surface area is 241 Å². The smallest absolute Gasteiger partial charge is 0.251 e. The molecule has 0 spiro atoms. The maximum atomic E-state index is 13.3. The summed E-state index contributed by atoms with van der Waals surface area (Å²) in [5.74, 6) is 1.03. The van der Waals surface area contributed by atoms with E-state index in [4.69, 9.17) is 9.72 Å². The number of methoxy groups -OCH3 is 1. The van der Waals surface area contributed by atoms with Crippen molar-refractivity contribution < 1.29 is 14.3 Å². The standard InChI is InChI=1S/C31H37N7O3/c1-5-10-22-19-38(24-12-7-6-8-13-24)28-26(37(3)30(22)40)18-32-31(35-28)34-25-15-14-21(17-27(25)41-4)29(39)33-23-11-9-16-36(2)20-23/h5-8,12-15,17-18,22-23H,1,9-11,16,19-20H2,2-4H3,(H,33,39)(H,32,34,35)/t22?,23-/m0/s1. The Bertz CT molecular complexity index is 1410. The van der Waals surface area contributed by atoms with Gasteiger partial charge in [-0.2, -0.15) is 4.98 Å². The number of benzene rings is 2. The summed E-state index contributed by atoms with van der Waals surface area (Å²) in [5, 5.41) is 6.39. The van der Waals surface area contributed by atoms with E-state index in [0.717, 1.165) is 31.6 Å². The number of para-hydroxylation sites is 1. The Morgan fingerprint density at radius 3 is 2.71 bits per heavy atom. The first-order valence-electron chi connectivity index (χ1n) is 13.9. The van der Waals surface area contributed by atoms with Crippen molar-refractivity contribution in [2.45, 2.75) is 25.3 Å². The van der Waals surface area contributed by atoms with Crippen LogP contribution in [-0.4, -0.2) is 73.6 Å². The predicted molar refractivity (Wildman–Crippen MR) is 161 cm³/mol. The fourth-order valence-corrected chi connectivity index (χ4v) is 5.46. The lowest BCUT2D eigenvalue weighted by Gasteiger charge is -2.30. The largest absolute Gasteiger partial charge is 0.495 e.